The van der Waals surface area contributed by atoms with E-state index < -0.39 is 5.97 Å². The molecule has 2 fully saturated rings. The lowest BCUT2D eigenvalue weighted by molar-refractivity contribution is -0.136. The molecule has 2 aliphatic rings. The first-order valence-corrected chi connectivity index (χ1v) is 7.02. The Bertz CT molecular complexity index is 434. The standard InChI is InChI=1S/C12H16N2O2S/c15-10(16)7-9-11(8-3-4-8)13-12(17-9)14-5-1-2-6-14/h8H,1-7H2,(H,15,16). The first-order chi connectivity index (χ1) is 8.24. The fourth-order valence-electron chi connectivity index (χ4n) is 2.33. The molecule has 0 amide bonds. The second kappa shape index (κ2) is 4.29. The van der Waals surface area contributed by atoms with Crippen molar-refractivity contribution >= 4 is 22.4 Å². The van der Waals surface area contributed by atoms with Crippen molar-refractivity contribution < 1.29 is 9.90 Å². The van der Waals surface area contributed by atoms with Gasteiger partial charge in [0.25, 0.3) is 0 Å². The summed E-state index contributed by atoms with van der Waals surface area (Å²) in [4.78, 5) is 18.8. The minimum Gasteiger partial charge on any atom is -0.481 e. The van der Waals surface area contributed by atoms with E-state index in [0.717, 1.165) is 28.8 Å². The van der Waals surface area contributed by atoms with Crippen molar-refractivity contribution in [2.45, 2.75) is 38.0 Å². The third-order valence-electron chi connectivity index (χ3n) is 3.37. The molecular formula is C12H16N2O2S. The van der Waals surface area contributed by atoms with E-state index in [1.165, 1.54) is 25.7 Å². The normalized spacial score (nSPS) is 19.9. The number of rotatable bonds is 4. The van der Waals surface area contributed by atoms with Gasteiger partial charge < -0.3 is 10.0 Å². The van der Waals surface area contributed by atoms with Crippen molar-refractivity contribution in [3.63, 3.8) is 0 Å². The fraction of sp³-hybridized carbons (Fsp3) is 0.667. The molecule has 4 nitrogen and oxygen atoms in total. The van der Waals surface area contributed by atoms with Gasteiger partial charge in [-0.3, -0.25) is 4.79 Å². The molecule has 0 atom stereocenters. The van der Waals surface area contributed by atoms with Gasteiger partial charge in [0.2, 0.25) is 0 Å². The van der Waals surface area contributed by atoms with Gasteiger partial charge in [-0.2, -0.15) is 0 Å². The predicted molar refractivity (Wildman–Crippen MR) is 66.9 cm³/mol. The number of carbonyl (C=O) groups is 1. The van der Waals surface area contributed by atoms with E-state index in [0.29, 0.717) is 5.92 Å². The maximum absolute atomic E-state index is 10.9. The topological polar surface area (TPSA) is 53.4 Å². The summed E-state index contributed by atoms with van der Waals surface area (Å²) in [5, 5.41) is 9.98. The number of anilines is 1. The Kier molecular flexibility index (Phi) is 2.78. The van der Waals surface area contributed by atoms with Crippen molar-refractivity contribution in [2.24, 2.45) is 0 Å². The molecule has 0 bridgehead atoms. The highest BCUT2D eigenvalue weighted by Crippen LogP contribution is 2.44. The molecule has 5 heteroatoms. The van der Waals surface area contributed by atoms with Gasteiger partial charge in [-0.25, -0.2) is 4.98 Å². The largest absolute Gasteiger partial charge is 0.481 e. The van der Waals surface area contributed by atoms with E-state index in [2.05, 4.69) is 9.88 Å². The minimum absolute atomic E-state index is 0.136. The van der Waals surface area contributed by atoms with E-state index in [1.807, 2.05) is 0 Å². The smallest absolute Gasteiger partial charge is 0.308 e. The Morgan fingerprint density at radius 3 is 2.71 bits per heavy atom. The lowest BCUT2D eigenvalue weighted by atomic mass is 10.2. The molecule has 1 aliphatic heterocycles. The van der Waals surface area contributed by atoms with Crippen molar-refractivity contribution in [1.29, 1.82) is 0 Å². The van der Waals surface area contributed by atoms with Crippen LogP contribution in [0.4, 0.5) is 5.13 Å². The van der Waals surface area contributed by atoms with E-state index in [1.54, 1.807) is 11.3 Å². The van der Waals surface area contributed by atoms with Crippen molar-refractivity contribution in [2.75, 3.05) is 18.0 Å². The molecule has 0 aromatic carbocycles. The summed E-state index contributed by atoms with van der Waals surface area (Å²) in [7, 11) is 0. The zero-order valence-corrected chi connectivity index (χ0v) is 10.5. The summed E-state index contributed by atoms with van der Waals surface area (Å²) in [5.41, 5.74) is 1.07. The lowest BCUT2D eigenvalue weighted by Crippen LogP contribution is -2.17. The zero-order valence-electron chi connectivity index (χ0n) is 9.69. The van der Waals surface area contributed by atoms with Crippen LogP contribution in [0.5, 0.6) is 0 Å². The Balaban J connectivity index is 1.86. The summed E-state index contributed by atoms with van der Waals surface area (Å²) in [6.07, 6.45) is 4.95. The molecule has 1 aliphatic carbocycles. The molecule has 1 saturated carbocycles. The number of aromatic nitrogens is 1. The zero-order chi connectivity index (χ0) is 11.8. The maximum Gasteiger partial charge on any atom is 0.308 e. The number of thiazole rings is 1. The second-order valence-corrected chi connectivity index (χ2v) is 5.91. The first kappa shape index (κ1) is 11.0. The first-order valence-electron chi connectivity index (χ1n) is 6.20. The quantitative estimate of drug-likeness (QED) is 0.893. The summed E-state index contributed by atoms with van der Waals surface area (Å²) < 4.78 is 0. The van der Waals surface area contributed by atoms with Gasteiger partial charge in [-0.1, -0.05) is 0 Å². The predicted octanol–water partition coefficient (Wildman–Crippen LogP) is 2.25. The van der Waals surface area contributed by atoms with E-state index >= 15 is 0 Å². The van der Waals surface area contributed by atoms with Gasteiger partial charge in [-0.05, 0) is 25.7 Å². The molecule has 1 aromatic heterocycles. The van der Waals surface area contributed by atoms with Gasteiger partial charge in [0.15, 0.2) is 5.13 Å². The minimum atomic E-state index is -0.747. The van der Waals surface area contributed by atoms with Crippen molar-refractivity contribution in [1.82, 2.24) is 4.98 Å². The number of hydrogen-bond acceptors (Lipinski definition) is 4. The summed E-state index contributed by atoms with van der Waals surface area (Å²) in [6.45, 7) is 2.15. The van der Waals surface area contributed by atoms with Crippen LogP contribution in [0.15, 0.2) is 0 Å². The van der Waals surface area contributed by atoms with Crippen LogP contribution >= 0.6 is 11.3 Å². The molecule has 1 aromatic rings. The number of hydrogen-bond donors (Lipinski definition) is 1. The highest BCUT2D eigenvalue weighted by molar-refractivity contribution is 7.15. The third kappa shape index (κ3) is 2.29. The molecule has 0 radical (unpaired) electrons. The van der Waals surface area contributed by atoms with Crippen LogP contribution in [0.3, 0.4) is 0 Å². The van der Waals surface area contributed by atoms with Gasteiger partial charge in [0, 0.05) is 23.9 Å². The number of carboxylic acid groups (broad SMARTS) is 1. The Hall–Kier alpha value is -1.10. The molecule has 92 valence electrons. The molecule has 1 saturated heterocycles. The fourth-order valence-corrected chi connectivity index (χ4v) is 3.52. The Morgan fingerprint density at radius 2 is 2.12 bits per heavy atom. The SMILES string of the molecule is O=C(O)Cc1sc(N2CCCC2)nc1C1CC1. The van der Waals surface area contributed by atoms with Crippen LogP contribution in [0.25, 0.3) is 0 Å². The van der Waals surface area contributed by atoms with Crippen LogP contribution in [0.1, 0.15) is 42.2 Å². The monoisotopic (exact) mass is 252 g/mol. The van der Waals surface area contributed by atoms with Crippen LogP contribution < -0.4 is 4.90 Å². The van der Waals surface area contributed by atoms with E-state index in [-0.39, 0.29) is 6.42 Å². The van der Waals surface area contributed by atoms with Crippen molar-refractivity contribution in [3.05, 3.63) is 10.6 Å². The van der Waals surface area contributed by atoms with E-state index in [9.17, 15) is 4.79 Å². The summed E-state index contributed by atoms with van der Waals surface area (Å²) in [6, 6.07) is 0. The van der Waals surface area contributed by atoms with Crippen LogP contribution in [0, 0.1) is 0 Å². The number of aliphatic carboxylic acids is 1. The molecular weight excluding hydrogens is 236 g/mol. The van der Waals surface area contributed by atoms with Crippen LogP contribution in [-0.4, -0.2) is 29.1 Å². The molecule has 17 heavy (non-hydrogen) atoms. The van der Waals surface area contributed by atoms with Crippen LogP contribution in [0.2, 0.25) is 0 Å². The third-order valence-corrected chi connectivity index (χ3v) is 4.50. The molecule has 0 spiro atoms. The summed E-state index contributed by atoms with van der Waals surface area (Å²) >= 11 is 1.59. The Morgan fingerprint density at radius 1 is 1.41 bits per heavy atom. The summed E-state index contributed by atoms with van der Waals surface area (Å²) in [5.74, 6) is -0.208. The molecule has 0 unspecified atom stereocenters. The molecule has 2 heterocycles. The van der Waals surface area contributed by atoms with Gasteiger partial charge in [-0.15, -0.1) is 11.3 Å². The van der Waals surface area contributed by atoms with Crippen molar-refractivity contribution in [3.8, 4) is 0 Å². The highest BCUT2D eigenvalue weighted by Gasteiger charge is 2.31. The van der Waals surface area contributed by atoms with Crippen LogP contribution in [-0.2, 0) is 11.2 Å². The average Bonchev–Trinajstić information content (AvgIpc) is 2.83. The number of carboxylic acids is 1. The highest BCUT2D eigenvalue weighted by atomic mass is 32.1. The molecule has 3 rings (SSSR count). The molecule has 1 N–H and O–H groups in total. The maximum atomic E-state index is 10.9. The number of nitrogens with zero attached hydrogens (tertiary/aromatic N) is 2. The van der Waals surface area contributed by atoms with Gasteiger partial charge >= 0.3 is 5.97 Å². The van der Waals surface area contributed by atoms with Gasteiger partial charge in [0.05, 0.1) is 12.1 Å². The van der Waals surface area contributed by atoms with Gasteiger partial charge in [0.1, 0.15) is 0 Å². The average molecular weight is 252 g/mol. The van der Waals surface area contributed by atoms with E-state index in [4.69, 9.17) is 5.11 Å². The lowest BCUT2D eigenvalue weighted by Gasteiger charge is -2.12. The Labute approximate surface area is 104 Å². The second-order valence-electron chi connectivity index (χ2n) is 4.84.